The number of nitrogens with one attached hydrogen (secondary N) is 2. The van der Waals surface area contributed by atoms with Gasteiger partial charge in [0.15, 0.2) is 0 Å². The molecule has 9 nitrogen and oxygen atoms in total. The topological polar surface area (TPSA) is 126 Å². The van der Waals surface area contributed by atoms with Gasteiger partial charge in [0.25, 0.3) is 5.91 Å². The van der Waals surface area contributed by atoms with E-state index in [4.69, 9.17) is 17.3 Å². The van der Waals surface area contributed by atoms with Gasteiger partial charge in [-0.25, -0.2) is 13.6 Å². The van der Waals surface area contributed by atoms with Crippen LogP contribution in [0, 0.1) is 11.6 Å². The largest absolute Gasteiger partial charge is 0.423 e. The van der Waals surface area contributed by atoms with Crippen molar-refractivity contribution in [2.24, 2.45) is 5.73 Å². The molecule has 2 aliphatic rings. The Labute approximate surface area is 263 Å². The molecular formula is C31H26ClF5N6O3. The van der Waals surface area contributed by atoms with E-state index in [1.165, 1.54) is 18.3 Å². The van der Waals surface area contributed by atoms with Crippen LogP contribution in [0.15, 0.2) is 60.9 Å². The molecule has 46 heavy (non-hydrogen) atoms. The van der Waals surface area contributed by atoms with Gasteiger partial charge in [0.2, 0.25) is 5.60 Å². The van der Waals surface area contributed by atoms with Crippen molar-refractivity contribution in [2.45, 2.75) is 37.2 Å². The summed E-state index contributed by atoms with van der Waals surface area (Å²) < 4.78 is 72.2. The lowest BCUT2D eigenvalue weighted by molar-refractivity contribution is -0.258. The van der Waals surface area contributed by atoms with Crippen LogP contribution in [-0.2, 0) is 11.1 Å². The van der Waals surface area contributed by atoms with Gasteiger partial charge in [-0.2, -0.15) is 18.3 Å². The van der Waals surface area contributed by atoms with Crippen molar-refractivity contribution in [3.05, 3.63) is 99.8 Å². The van der Waals surface area contributed by atoms with Crippen molar-refractivity contribution in [2.75, 3.05) is 23.3 Å². The molecule has 3 heterocycles. The number of amides is 3. The zero-order valence-corrected chi connectivity index (χ0v) is 25.0. The lowest BCUT2D eigenvalue weighted by atomic mass is 9.93. The molecule has 5 N–H and O–H groups in total. The predicted octanol–water partition coefficient (Wildman–Crippen LogP) is 5.81. The van der Waals surface area contributed by atoms with E-state index in [2.05, 4.69) is 15.7 Å². The Kier molecular flexibility index (Phi) is 7.37. The summed E-state index contributed by atoms with van der Waals surface area (Å²) in [6.07, 6.45) is -2.05. The molecule has 2 aliphatic heterocycles. The summed E-state index contributed by atoms with van der Waals surface area (Å²) >= 11 is 6.38. The van der Waals surface area contributed by atoms with E-state index in [9.17, 15) is 36.6 Å². The van der Waals surface area contributed by atoms with Gasteiger partial charge in [-0.15, -0.1) is 0 Å². The number of aliphatic hydroxyl groups is 1. The van der Waals surface area contributed by atoms with Gasteiger partial charge in [-0.05, 0) is 67.9 Å². The summed E-state index contributed by atoms with van der Waals surface area (Å²) in [5.41, 5.74) is 1.91. The van der Waals surface area contributed by atoms with E-state index >= 15 is 0 Å². The van der Waals surface area contributed by atoms with E-state index in [1.54, 1.807) is 16.9 Å². The Morgan fingerprint density at radius 1 is 1.13 bits per heavy atom. The number of nitrogens with zero attached hydrogens (tertiary/aromatic N) is 3. The van der Waals surface area contributed by atoms with Gasteiger partial charge < -0.3 is 21.5 Å². The number of halogens is 6. The first-order chi connectivity index (χ1) is 21.5. The summed E-state index contributed by atoms with van der Waals surface area (Å²) in [5, 5.41) is 20.5. The Morgan fingerprint density at radius 3 is 2.52 bits per heavy atom. The number of hydrogen-bond donors (Lipinski definition) is 4. The third-order valence-electron chi connectivity index (χ3n) is 8.33. The normalized spacial score (nSPS) is 19.2. The highest BCUT2D eigenvalue weighted by Crippen LogP contribution is 2.49. The fourth-order valence-corrected chi connectivity index (χ4v) is 5.88. The number of aromatic nitrogens is 2. The third-order valence-corrected chi connectivity index (χ3v) is 8.68. The molecule has 0 spiro atoms. The van der Waals surface area contributed by atoms with Crippen molar-refractivity contribution >= 4 is 34.9 Å². The van der Waals surface area contributed by atoms with Crippen LogP contribution in [0.3, 0.4) is 0 Å². The molecule has 0 fully saturated rings. The first-order valence-electron chi connectivity index (χ1n) is 13.9. The molecular weight excluding hydrogens is 635 g/mol. The minimum absolute atomic E-state index is 0.0156. The van der Waals surface area contributed by atoms with E-state index < -0.39 is 59.0 Å². The number of nitrogens with two attached hydrogens (primary N) is 1. The SMILES string of the molecule is CC(C)(CN)n1cc(-c2cc(NC(=O)N3C[C@@](O)(C(F)(F)F)c4cc(F)ccc43)c3c(c2)C(=O)N[C@@H]3c2cc(F)ccc2Cl)cn1. The second kappa shape index (κ2) is 10.8. The van der Waals surface area contributed by atoms with E-state index in [0.29, 0.717) is 22.1 Å². The Balaban J connectivity index is 1.48. The number of fused-ring (bicyclic) bond motifs is 2. The molecule has 0 saturated carbocycles. The molecule has 3 amide bonds. The molecule has 1 aromatic heterocycles. The Hall–Kier alpha value is -4.53. The number of carbonyl (C=O) groups excluding carboxylic acids is 2. The van der Waals surface area contributed by atoms with Gasteiger partial charge in [0.05, 0.1) is 30.0 Å². The second-order valence-corrected chi connectivity index (χ2v) is 12.2. The molecule has 15 heteroatoms. The number of hydrogen-bond acceptors (Lipinski definition) is 5. The lowest BCUT2D eigenvalue weighted by Crippen LogP contribution is -2.48. The molecule has 4 aromatic rings. The van der Waals surface area contributed by atoms with Gasteiger partial charge in [-0.3, -0.25) is 14.4 Å². The minimum Gasteiger partial charge on any atom is -0.375 e. The van der Waals surface area contributed by atoms with E-state index in [1.807, 2.05) is 13.8 Å². The Bertz CT molecular complexity index is 1910. The van der Waals surface area contributed by atoms with Gasteiger partial charge >= 0.3 is 12.2 Å². The summed E-state index contributed by atoms with van der Waals surface area (Å²) in [7, 11) is 0. The zero-order chi connectivity index (χ0) is 33.3. The number of rotatable bonds is 5. The molecule has 3 aromatic carbocycles. The highest BCUT2D eigenvalue weighted by Gasteiger charge is 2.61. The predicted molar refractivity (Wildman–Crippen MR) is 159 cm³/mol. The molecule has 2 atom stereocenters. The van der Waals surface area contributed by atoms with Crippen LogP contribution in [0.5, 0.6) is 0 Å². The highest BCUT2D eigenvalue weighted by atomic mass is 35.5. The quantitative estimate of drug-likeness (QED) is 0.201. The number of alkyl halides is 3. The van der Waals surface area contributed by atoms with Crippen LogP contribution < -0.4 is 21.3 Å². The van der Waals surface area contributed by atoms with Gasteiger partial charge in [0, 0.05) is 51.3 Å². The maximum atomic E-state index is 14.3. The van der Waals surface area contributed by atoms with Crippen molar-refractivity contribution in [1.82, 2.24) is 15.1 Å². The van der Waals surface area contributed by atoms with Gasteiger partial charge in [-0.1, -0.05) is 11.6 Å². The first-order valence-corrected chi connectivity index (χ1v) is 14.3. The summed E-state index contributed by atoms with van der Waals surface area (Å²) in [5.74, 6) is -2.26. The zero-order valence-electron chi connectivity index (χ0n) is 24.2. The standard InChI is InChI=1S/C31H26ClF5N6O3/c1-29(2,13-38)43-12-16(11-39-43)15-7-20-25(26(41-27(20)44)19-9-17(33)3-5-22(19)32)23(8-15)40-28(45)42-14-30(46,31(35,36)37)21-10-18(34)4-6-24(21)42/h3-12,26,46H,13-14,38H2,1-2H3,(H,40,45)(H,41,44)/t26-,30+/m1/s1. The monoisotopic (exact) mass is 660 g/mol. The van der Waals surface area contributed by atoms with Crippen molar-refractivity contribution in [3.63, 3.8) is 0 Å². The molecule has 0 saturated heterocycles. The van der Waals surface area contributed by atoms with Crippen molar-refractivity contribution in [3.8, 4) is 11.1 Å². The molecule has 6 rings (SSSR count). The second-order valence-electron chi connectivity index (χ2n) is 11.8. The summed E-state index contributed by atoms with van der Waals surface area (Å²) in [6.45, 7) is 2.71. The Morgan fingerprint density at radius 2 is 1.83 bits per heavy atom. The first kappa shape index (κ1) is 31.5. The third kappa shape index (κ3) is 5.06. The van der Waals surface area contributed by atoms with Crippen LogP contribution in [0.25, 0.3) is 11.1 Å². The number of anilines is 2. The van der Waals surface area contributed by atoms with Crippen molar-refractivity contribution in [1.29, 1.82) is 0 Å². The average molecular weight is 661 g/mol. The molecule has 0 radical (unpaired) electrons. The summed E-state index contributed by atoms with van der Waals surface area (Å²) in [6, 6.07) is 6.77. The number of benzene rings is 3. The number of urea groups is 1. The van der Waals surface area contributed by atoms with E-state index in [0.717, 1.165) is 24.3 Å². The maximum absolute atomic E-state index is 14.3. The fourth-order valence-electron chi connectivity index (χ4n) is 5.65. The number of carbonyl (C=O) groups is 2. The van der Waals surface area contributed by atoms with Crippen LogP contribution >= 0.6 is 11.6 Å². The van der Waals surface area contributed by atoms with Crippen LogP contribution in [0.1, 0.15) is 46.9 Å². The molecule has 0 unspecified atom stereocenters. The minimum atomic E-state index is -5.25. The maximum Gasteiger partial charge on any atom is 0.423 e. The van der Waals surface area contributed by atoms with Crippen molar-refractivity contribution < 1.29 is 36.6 Å². The smallest absolute Gasteiger partial charge is 0.375 e. The lowest BCUT2D eigenvalue weighted by Gasteiger charge is -2.27. The average Bonchev–Trinajstić information content (AvgIpc) is 3.70. The van der Waals surface area contributed by atoms with Gasteiger partial charge in [0.1, 0.15) is 11.6 Å². The molecule has 0 aliphatic carbocycles. The van der Waals surface area contributed by atoms with Crippen LogP contribution in [0.4, 0.5) is 38.1 Å². The van der Waals surface area contributed by atoms with Crippen LogP contribution in [0.2, 0.25) is 5.02 Å². The van der Waals surface area contributed by atoms with Crippen LogP contribution in [-0.4, -0.2) is 46.1 Å². The summed E-state index contributed by atoms with van der Waals surface area (Å²) in [4.78, 5) is 27.7. The number of β-amino-alcohol motifs (C(OH)–C–C–N with tert-alkyl or cyclic N) is 1. The molecule has 0 bridgehead atoms. The highest BCUT2D eigenvalue weighted by molar-refractivity contribution is 6.31. The molecule has 240 valence electrons. The van der Waals surface area contributed by atoms with E-state index in [-0.39, 0.29) is 39.6 Å². The fraction of sp³-hybridized carbons (Fsp3) is 0.258.